The van der Waals surface area contributed by atoms with Crippen molar-refractivity contribution in [2.24, 2.45) is 11.7 Å². The summed E-state index contributed by atoms with van der Waals surface area (Å²) in [7, 11) is 0. The van der Waals surface area contributed by atoms with Gasteiger partial charge >= 0.3 is 0 Å². The maximum absolute atomic E-state index is 12.5. The zero-order chi connectivity index (χ0) is 17.5. The van der Waals surface area contributed by atoms with Crippen LogP contribution >= 0.6 is 12.4 Å². The Balaban J connectivity index is 0.00000243. The third kappa shape index (κ3) is 5.31. The van der Waals surface area contributed by atoms with E-state index in [1.807, 2.05) is 53.4 Å². The average molecular weight is 375 g/mol. The van der Waals surface area contributed by atoms with Crippen LogP contribution in [0.2, 0.25) is 0 Å². The Labute approximate surface area is 161 Å². The van der Waals surface area contributed by atoms with E-state index in [-0.39, 0.29) is 18.3 Å². The number of hydrogen-bond acceptors (Lipinski definition) is 3. The molecule has 2 aromatic rings. The predicted molar refractivity (Wildman–Crippen MR) is 106 cm³/mol. The number of hydrogen-bond donors (Lipinski definition) is 1. The second-order valence-electron chi connectivity index (χ2n) is 6.60. The third-order valence-corrected chi connectivity index (χ3v) is 4.90. The van der Waals surface area contributed by atoms with E-state index in [1.165, 1.54) is 5.56 Å². The maximum Gasteiger partial charge on any atom is 0.224 e. The van der Waals surface area contributed by atoms with Gasteiger partial charge in [0.15, 0.2) is 0 Å². The van der Waals surface area contributed by atoms with Crippen LogP contribution in [0.25, 0.3) is 0 Å². The second kappa shape index (κ2) is 10.3. The number of ether oxygens (including phenoxy) is 1. The van der Waals surface area contributed by atoms with E-state index in [4.69, 9.17) is 10.5 Å². The van der Waals surface area contributed by atoms with Gasteiger partial charge in [0.25, 0.3) is 0 Å². The minimum Gasteiger partial charge on any atom is -0.376 e. The molecule has 5 heteroatoms. The van der Waals surface area contributed by atoms with Crippen LogP contribution in [-0.2, 0) is 16.1 Å². The summed E-state index contributed by atoms with van der Waals surface area (Å²) in [6, 6.07) is 20.4. The molecule has 3 rings (SSSR count). The molecule has 0 aromatic heterocycles. The predicted octanol–water partition coefficient (Wildman–Crippen LogP) is 3.22. The van der Waals surface area contributed by atoms with E-state index < -0.39 is 0 Å². The lowest BCUT2D eigenvalue weighted by atomic mass is 9.89. The lowest BCUT2D eigenvalue weighted by Gasteiger charge is -2.17. The van der Waals surface area contributed by atoms with Crippen LogP contribution in [0.1, 0.15) is 23.5 Å². The van der Waals surface area contributed by atoms with Crippen molar-refractivity contribution in [1.82, 2.24) is 4.90 Å². The number of carbonyl (C=O) groups excluding carboxylic acids is 1. The standard InChI is InChI=1S/C21H26N2O2.ClH/c22-13-19-14-23(15-20(19)18-9-5-2-6-10-18)21(24)11-12-25-16-17-7-3-1-4-8-17;/h1-10,19-20H,11-16,22H2;1H/t19-,20+;/m1./s1. The smallest absolute Gasteiger partial charge is 0.224 e. The number of nitrogens with two attached hydrogens (primary N) is 1. The molecule has 1 fully saturated rings. The van der Waals surface area contributed by atoms with E-state index >= 15 is 0 Å². The van der Waals surface area contributed by atoms with Crippen LogP contribution in [-0.4, -0.2) is 37.0 Å². The van der Waals surface area contributed by atoms with Gasteiger partial charge in [-0.2, -0.15) is 0 Å². The van der Waals surface area contributed by atoms with Crippen molar-refractivity contribution >= 4 is 18.3 Å². The lowest BCUT2D eigenvalue weighted by Crippen LogP contribution is -2.30. The van der Waals surface area contributed by atoms with Gasteiger partial charge < -0.3 is 15.4 Å². The number of nitrogens with zero attached hydrogens (tertiary/aromatic N) is 1. The van der Waals surface area contributed by atoms with E-state index in [0.717, 1.165) is 18.7 Å². The van der Waals surface area contributed by atoms with Crippen LogP contribution in [0.5, 0.6) is 0 Å². The van der Waals surface area contributed by atoms with Crippen molar-refractivity contribution in [1.29, 1.82) is 0 Å². The molecule has 1 aliphatic rings. The first kappa shape index (κ1) is 20.4. The zero-order valence-corrected chi connectivity index (χ0v) is 15.7. The fourth-order valence-electron chi connectivity index (χ4n) is 3.47. The summed E-state index contributed by atoms with van der Waals surface area (Å²) < 4.78 is 5.64. The van der Waals surface area contributed by atoms with Gasteiger partial charge in [0.2, 0.25) is 5.91 Å². The molecule has 1 amide bonds. The largest absolute Gasteiger partial charge is 0.376 e. The molecule has 2 atom stereocenters. The molecule has 0 bridgehead atoms. The lowest BCUT2D eigenvalue weighted by molar-refractivity contribution is -0.131. The molecule has 0 unspecified atom stereocenters. The van der Waals surface area contributed by atoms with Crippen LogP contribution < -0.4 is 5.73 Å². The van der Waals surface area contributed by atoms with Crippen molar-refractivity contribution in [3.8, 4) is 0 Å². The minimum atomic E-state index is 0. The van der Waals surface area contributed by atoms with E-state index in [1.54, 1.807) is 0 Å². The van der Waals surface area contributed by atoms with Gasteiger partial charge in [0.1, 0.15) is 0 Å². The molecule has 140 valence electrons. The maximum atomic E-state index is 12.5. The van der Waals surface area contributed by atoms with Crippen molar-refractivity contribution in [3.63, 3.8) is 0 Å². The molecule has 0 radical (unpaired) electrons. The number of halogens is 1. The molecular formula is C21H27ClN2O2. The first-order valence-electron chi connectivity index (χ1n) is 8.92. The molecular weight excluding hydrogens is 348 g/mol. The molecule has 4 nitrogen and oxygen atoms in total. The monoisotopic (exact) mass is 374 g/mol. The number of amides is 1. The molecule has 26 heavy (non-hydrogen) atoms. The Morgan fingerprint density at radius 3 is 2.35 bits per heavy atom. The molecule has 2 N–H and O–H groups in total. The van der Waals surface area contributed by atoms with Gasteiger partial charge in [-0.3, -0.25) is 4.79 Å². The highest BCUT2D eigenvalue weighted by atomic mass is 35.5. The summed E-state index contributed by atoms with van der Waals surface area (Å²) in [6.45, 7) is 3.10. The number of carbonyl (C=O) groups is 1. The van der Waals surface area contributed by atoms with Gasteiger partial charge in [-0.1, -0.05) is 60.7 Å². The summed E-state index contributed by atoms with van der Waals surface area (Å²) in [5.41, 5.74) is 8.35. The molecule has 1 saturated heterocycles. The van der Waals surface area contributed by atoms with Gasteiger partial charge in [-0.05, 0) is 23.6 Å². The fourth-order valence-corrected chi connectivity index (χ4v) is 3.47. The van der Waals surface area contributed by atoms with Gasteiger partial charge in [-0.25, -0.2) is 0 Å². The van der Waals surface area contributed by atoms with E-state index in [9.17, 15) is 4.79 Å². The van der Waals surface area contributed by atoms with Crippen LogP contribution in [0.4, 0.5) is 0 Å². The van der Waals surface area contributed by atoms with Crippen molar-refractivity contribution in [3.05, 3.63) is 71.8 Å². The van der Waals surface area contributed by atoms with Crippen molar-refractivity contribution in [2.75, 3.05) is 26.2 Å². The van der Waals surface area contributed by atoms with Crippen molar-refractivity contribution < 1.29 is 9.53 Å². The van der Waals surface area contributed by atoms with E-state index in [2.05, 4.69) is 12.1 Å². The number of rotatable bonds is 7. The molecule has 0 aliphatic carbocycles. The Morgan fingerprint density at radius 2 is 1.69 bits per heavy atom. The summed E-state index contributed by atoms with van der Waals surface area (Å²) in [6.07, 6.45) is 0.422. The minimum absolute atomic E-state index is 0. The topological polar surface area (TPSA) is 55.6 Å². The SMILES string of the molecule is Cl.NC[C@@H]1CN(C(=O)CCOCc2ccccc2)C[C@H]1c1ccccc1. The molecule has 2 aromatic carbocycles. The second-order valence-corrected chi connectivity index (χ2v) is 6.60. The summed E-state index contributed by atoms with van der Waals surface area (Å²) in [5.74, 6) is 0.821. The quantitative estimate of drug-likeness (QED) is 0.757. The molecule has 0 spiro atoms. The van der Waals surface area contributed by atoms with Crippen LogP contribution in [0.3, 0.4) is 0 Å². The zero-order valence-electron chi connectivity index (χ0n) is 14.9. The Hall–Kier alpha value is -1.88. The normalized spacial score (nSPS) is 19.2. The van der Waals surface area contributed by atoms with Gasteiger partial charge in [-0.15, -0.1) is 12.4 Å². The Kier molecular flexibility index (Phi) is 8.10. The van der Waals surface area contributed by atoms with Gasteiger partial charge in [0, 0.05) is 19.0 Å². The van der Waals surface area contributed by atoms with Crippen LogP contribution in [0, 0.1) is 5.92 Å². The average Bonchev–Trinajstić information content (AvgIpc) is 3.11. The Bertz CT molecular complexity index is 666. The number of benzene rings is 2. The summed E-state index contributed by atoms with van der Waals surface area (Å²) in [5, 5.41) is 0. The third-order valence-electron chi connectivity index (χ3n) is 4.90. The van der Waals surface area contributed by atoms with E-state index in [0.29, 0.717) is 38.0 Å². The number of likely N-dealkylation sites (tertiary alicyclic amines) is 1. The Morgan fingerprint density at radius 1 is 1.04 bits per heavy atom. The fraction of sp³-hybridized carbons (Fsp3) is 0.381. The van der Waals surface area contributed by atoms with Crippen molar-refractivity contribution in [2.45, 2.75) is 18.9 Å². The first-order chi connectivity index (χ1) is 12.3. The summed E-state index contributed by atoms with van der Waals surface area (Å²) in [4.78, 5) is 14.4. The van der Waals surface area contributed by atoms with Crippen LogP contribution in [0.15, 0.2) is 60.7 Å². The highest BCUT2D eigenvalue weighted by Crippen LogP contribution is 2.32. The molecule has 0 saturated carbocycles. The first-order valence-corrected chi connectivity index (χ1v) is 8.92. The van der Waals surface area contributed by atoms with Gasteiger partial charge in [0.05, 0.1) is 19.6 Å². The highest BCUT2D eigenvalue weighted by molar-refractivity contribution is 5.85. The molecule has 1 aliphatic heterocycles. The molecule has 1 heterocycles. The summed E-state index contributed by atoms with van der Waals surface area (Å²) >= 11 is 0. The highest BCUT2D eigenvalue weighted by Gasteiger charge is 2.34.